The second kappa shape index (κ2) is 9.21. The summed E-state index contributed by atoms with van der Waals surface area (Å²) in [5.74, 6) is 0. The monoisotopic (exact) mass is 164 g/mol. The zero-order valence-electron chi connectivity index (χ0n) is 2.09. The van der Waals surface area contributed by atoms with Gasteiger partial charge in [-0.25, -0.2) is 0 Å². The first kappa shape index (κ1) is 22.5. The Hall–Kier alpha value is 2.21. The molecule has 0 aromatic rings. The van der Waals surface area contributed by atoms with Crippen LogP contribution in [0.4, 0.5) is 17.3 Å². The van der Waals surface area contributed by atoms with Gasteiger partial charge < -0.3 is 17.3 Å². The number of halogens is 4. The SMILES string of the molecule is F[B-](F)(F)F.[BeH2].[CaH2].[NaH]. The van der Waals surface area contributed by atoms with E-state index in [1.165, 1.54) is 0 Å². The van der Waals surface area contributed by atoms with Crippen LogP contribution < -0.4 is 0 Å². The summed E-state index contributed by atoms with van der Waals surface area (Å²) >= 11 is 0. The van der Waals surface area contributed by atoms with E-state index >= 15 is 0 Å². The molecule has 0 aliphatic carbocycles. The molecule has 0 aliphatic rings. The van der Waals surface area contributed by atoms with Gasteiger partial charge in [-0.1, -0.05) is 0 Å². The third-order valence-corrected chi connectivity index (χ3v) is 0. The van der Waals surface area contributed by atoms with Gasteiger partial charge in [0.25, 0.3) is 0 Å². The first-order chi connectivity index (χ1) is 2.00. The van der Waals surface area contributed by atoms with Crippen molar-refractivity contribution in [3.05, 3.63) is 0 Å². The van der Waals surface area contributed by atoms with Crippen LogP contribution in [0, 0.1) is 0 Å². The van der Waals surface area contributed by atoms with Crippen LogP contribution in [-0.2, 0) is 0 Å². The average Bonchev–Trinajstić information content (AvgIpc) is 0.722. The van der Waals surface area contributed by atoms with Gasteiger partial charge in [-0.15, -0.1) is 0 Å². The molecule has 0 heterocycles. The molecule has 0 atom stereocenters. The molecule has 0 rings (SSSR count). The van der Waals surface area contributed by atoms with E-state index in [0.29, 0.717) is 0 Å². The third kappa shape index (κ3) is 87.2. The van der Waals surface area contributed by atoms with Gasteiger partial charge in [0.05, 0.1) is 0 Å². The Balaban J connectivity index is -0.0000000267. The van der Waals surface area contributed by atoms with Crippen molar-refractivity contribution < 1.29 is 17.3 Å². The zero-order chi connectivity index (χ0) is 4.50. The predicted molar refractivity (Wildman–Crippen MR) is 34.4 cm³/mol. The van der Waals surface area contributed by atoms with Crippen molar-refractivity contribution in [1.82, 2.24) is 0 Å². The molecule has 0 fully saturated rings. The molecule has 0 nitrogen and oxygen atoms in total. The van der Waals surface area contributed by atoms with Gasteiger partial charge in [0.2, 0.25) is 0 Å². The maximum atomic E-state index is 9.75. The molecule has 0 unspecified atom stereocenters. The molecule has 0 aromatic carbocycles. The minimum absolute atomic E-state index is 0. The summed E-state index contributed by atoms with van der Waals surface area (Å²) in [5, 5.41) is 0. The van der Waals surface area contributed by atoms with Crippen LogP contribution in [0.5, 0.6) is 0 Å². The maximum absolute atomic E-state index is 9.75. The molecule has 42 valence electrons. The van der Waals surface area contributed by atoms with Crippen LogP contribution in [0.1, 0.15) is 0 Å². The van der Waals surface area contributed by atoms with Crippen LogP contribution in [0.25, 0.3) is 0 Å². The van der Waals surface area contributed by atoms with Crippen LogP contribution in [0.2, 0.25) is 0 Å². The van der Waals surface area contributed by atoms with Crippen LogP contribution in [-0.4, -0.2) is 84.7 Å². The van der Waals surface area contributed by atoms with Gasteiger partial charge in [0.15, 0.2) is 0 Å². The van der Waals surface area contributed by atoms with E-state index in [1.807, 2.05) is 0 Å². The van der Waals surface area contributed by atoms with Gasteiger partial charge in [0, 0.05) is 0 Å². The molecule has 0 saturated heterocycles. The number of hydrogen-bond donors (Lipinski definition) is 0. The Morgan fingerprint density at radius 2 is 0.875 bits per heavy atom. The predicted octanol–water partition coefficient (Wildman–Crippen LogP) is -1.18. The Kier molecular flexibility index (Phi) is 25.9. The van der Waals surface area contributed by atoms with Gasteiger partial charge >= 0.3 is 84.7 Å². The third-order valence-electron chi connectivity index (χ3n) is 0. The normalized spacial score (nSPS) is 7.50. The van der Waals surface area contributed by atoms with E-state index in [1.54, 1.807) is 0 Å². The molecule has 0 amide bonds. The van der Waals surface area contributed by atoms with E-state index in [-0.39, 0.29) is 77.4 Å². The van der Waals surface area contributed by atoms with Crippen molar-refractivity contribution in [3.8, 4) is 0 Å². The standard InChI is InChI=1S/BF4.Be.Ca.Na.5H/c2-1(3,4)5;;;;;;;;/q-1;;;;;;;;. The van der Waals surface area contributed by atoms with E-state index < -0.39 is 7.25 Å². The van der Waals surface area contributed by atoms with Crippen LogP contribution in [0.3, 0.4) is 0 Å². The zero-order valence-corrected chi connectivity index (χ0v) is 2.09. The molecular weight excluding hydrogens is 159 g/mol. The molecule has 8 heavy (non-hydrogen) atoms. The van der Waals surface area contributed by atoms with E-state index in [9.17, 15) is 17.3 Å². The summed E-state index contributed by atoms with van der Waals surface area (Å²) in [6.07, 6.45) is 0. The number of rotatable bonds is 0. The fraction of sp³-hybridized carbons (Fsp3) is 0. The Morgan fingerprint density at radius 1 is 0.875 bits per heavy atom. The summed E-state index contributed by atoms with van der Waals surface area (Å²) in [6.45, 7) is 0. The summed E-state index contributed by atoms with van der Waals surface area (Å²) in [7, 11) is -6.00. The molecule has 0 saturated carbocycles. The van der Waals surface area contributed by atoms with Crippen LogP contribution >= 0.6 is 0 Å². The molecule has 0 spiro atoms. The summed E-state index contributed by atoms with van der Waals surface area (Å²) in [6, 6.07) is 0. The number of hydrogen-bond acceptors (Lipinski definition) is 0. The van der Waals surface area contributed by atoms with Gasteiger partial charge in [-0.05, 0) is 0 Å². The summed E-state index contributed by atoms with van der Waals surface area (Å²) in [5.41, 5.74) is 0. The van der Waals surface area contributed by atoms with Crippen molar-refractivity contribution in [2.45, 2.75) is 0 Å². The second-order valence-corrected chi connectivity index (χ2v) is 0.495. The first-order valence-electron chi connectivity index (χ1n) is 0.873. The van der Waals surface area contributed by atoms with E-state index in [4.69, 9.17) is 0 Å². The van der Waals surface area contributed by atoms with Crippen molar-refractivity contribution in [2.75, 3.05) is 0 Å². The van der Waals surface area contributed by atoms with Crippen LogP contribution in [0.15, 0.2) is 0 Å². The molecule has 0 radical (unpaired) electrons. The Labute approximate surface area is 100 Å². The minimum atomic E-state index is -6.00. The second-order valence-electron chi connectivity index (χ2n) is 0.495. The van der Waals surface area contributed by atoms with Crippen molar-refractivity contribution in [2.24, 2.45) is 0 Å². The van der Waals surface area contributed by atoms with E-state index in [0.717, 1.165) is 0 Å². The first-order valence-corrected chi connectivity index (χ1v) is 0.873. The van der Waals surface area contributed by atoms with E-state index in [2.05, 4.69) is 0 Å². The quantitative estimate of drug-likeness (QED) is 0.312. The van der Waals surface area contributed by atoms with Gasteiger partial charge in [-0.2, -0.15) is 0 Å². The summed E-state index contributed by atoms with van der Waals surface area (Å²) < 4.78 is 39.0. The fourth-order valence-corrected chi connectivity index (χ4v) is 0. The van der Waals surface area contributed by atoms with Gasteiger partial charge in [-0.3, -0.25) is 0 Å². The average molecular weight is 164 g/mol. The molecule has 0 bridgehead atoms. The van der Waals surface area contributed by atoms with Crippen molar-refractivity contribution in [1.29, 1.82) is 0 Å². The molecule has 0 N–H and O–H groups in total. The molecule has 8 heteroatoms. The topological polar surface area (TPSA) is 0 Å². The molecular formula is H5BBeCaF4Na-. The Bertz CT molecular complexity index is 31.5. The molecule has 0 aromatic heterocycles. The fourth-order valence-electron chi connectivity index (χ4n) is 0. The van der Waals surface area contributed by atoms with Crippen molar-refractivity contribution in [3.63, 3.8) is 0 Å². The van der Waals surface area contributed by atoms with Crippen molar-refractivity contribution >= 4 is 84.7 Å². The molecule has 0 aliphatic heterocycles. The van der Waals surface area contributed by atoms with Gasteiger partial charge in [0.1, 0.15) is 0 Å². The summed E-state index contributed by atoms with van der Waals surface area (Å²) in [4.78, 5) is 0. The Morgan fingerprint density at radius 3 is 0.875 bits per heavy atom.